The van der Waals surface area contributed by atoms with E-state index >= 15 is 0 Å². The van der Waals surface area contributed by atoms with Crippen LogP contribution in [0.3, 0.4) is 0 Å². The van der Waals surface area contributed by atoms with Gasteiger partial charge >= 0.3 is 0 Å². The van der Waals surface area contributed by atoms with Gasteiger partial charge in [-0.25, -0.2) is 0 Å². The Morgan fingerprint density at radius 2 is 0.690 bits per heavy atom. The highest BCUT2D eigenvalue weighted by Gasteiger charge is 1.96. The van der Waals surface area contributed by atoms with Crippen LogP contribution in [-0.2, 0) is 12.8 Å². The molecule has 4 rings (SSSR count). The minimum atomic E-state index is 1.03. The molecule has 0 nitrogen and oxygen atoms in total. The first kappa shape index (κ1) is 30.7. The van der Waals surface area contributed by atoms with Crippen LogP contribution in [0.4, 0.5) is 0 Å². The minimum absolute atomic E-state index is 1.03. The number of rotatable bonds is 12. The van der Waals surface area contributed by atoms with Crippen LogP contribution < -0.4 is 0 Å². The Morgan fingerprint density at radius 1 is 0.381 bits per heavy atom. The SMILES string of the molecule is CCCCCCc1ccc(C#Cc2ccc(/C=C/c3ccc(C#Cc4ccc(CCCCCC)cc4)cc3)cc2)cc1. The summed E-state index contributed by atoms with van der Waals surface area (Å²) < 4.78 is 0. The number of hydrogen-bond donors (Lipinski definition) is 0. The highest BCUT2D eigenvalue weighted by Crippen LogP contribution is 2.13. The smallest absolute Gasteiger partial charge is 0.0249 e. The summed E-state index contributed by atoms with van der Waals surface area (Å²) in [6.07, 6.45) is 17.0. The molecule has 0 bridgehead atoms. The van der Waals surface area contributed by atoms with Gasteiger partial charge in [0, 0.05) is 22.3 Å². The average molecular weight is 549 g/mol. The van der Waals surface area contributed by atoms with Crippen molar-refractivity contribution in [3.63, 3.8) is 0 Å². The molecule has 0 aliphatic carbocycles. The molecule has 0 spiro atoms. The fraction of sp³-hybridized carbons (Fsp3) is 0.286. The van der Waals surface area contributed by atoms with E-state index in [1.807, 2.05) is 0 Å². The molecule has 0 atom stereocenters. The van der Waals surface area contributed by atoms with E-state index in [0.717, 1.165) is 46.2 Å². The second-order valence-electron chi connectivity index (χ2n) is 11.1. The van der Waals surface area contributed by atoms with E-state index in [-0.39, 0.29) is 0 Å². The molecular formula is C42H44. The third-order valence-electron chi connectivity index (χ3n) is 7.54. The number of unbranched alkanes of at least 4 members (excludes halogenated alkanes) is 6. The Labute approximate surface area is 254 Å². The van der Waals surface area contributed by atoms with E-state index in [2.05, 4.69) is 147 Å². The summed E-state index contributed by atoms with van der Waals surface area (Å²) in [5.41, 5.74) is 9.32. The first-order valence-electron chi connectivity index (χ1n) is 15.8. The van der Waals surface area contributed by atoms with Gasteiger partial charge in [-0.05, 0) is 96.5 Å². The Morgan fingerprint density at radius 3 is 1.00 bits per heavy atom. The van der Waals surface area contributed by atoms with Crippen LogP contribution >= 0.6 is 0 Å². The van der Waals surface area contributed by atoms with Crippen molar-refractivity contribution in [2.75, 3.05) is 0 Å². The molecule has 0 heterocycles. The summed E-state index contributed by atoms with van der Waals surface area (Å²) in [5, 5.41) is 0. The lowest BCUT2D eigenvalue weighted by Gasteiger charge is -2.01. The first-order chi connectivity index (χ1) is 20.7. The van der Waals surface area contributed by atoms with Crippen LogP contribution in [0.15, 0.2) is 97.1 Å². The standard InChI is InChI=1S/C42H44/c1-3-5-7-9-11-35-13-17-37(18-14-35)21-23-39-25-29-41(30-26-39)33-34-42-31-27-40(28-32-42)24-22-38-19-15-36(16-20-38)12-10-8-6-4-2/h13-20,25-34H,3-12H2,1-2H3/b34-33+. The maximum atomic E-state index is 3.30. The van der Waals surface area contributed by atoms with Crippen molar-refractivity contribution in [2.45, 2.75) is 78.1 Å². The highest BCUT2D eigenvalue weighted by atomic mass is 14.0. The van der Waals surface area contributed by atoms with Crippen LogP contribution in [-0.4, -0.2) is 0 Å². The van der Waals surface area contributed by atoms with Gasteiger partial charge in [0.15, 0.2) is 0 Å². The van der Waals surface area contributed by atoms with E-state index in [1.165, 1.54) is 62.5 Å². The second-order valence-corrected chi connectivity index (χ2v) is 11.1. The summed E-state index contributed by atoms with van der Waals surface area (Å²) in [4.78, 5) is 0. The topological polar surface area (TPSA) is 0 Å². The molecule has 0 N–H and O–H groups in total. The van der Waals surface area contributed by atoms with Crippen LogP contribution in [0.5, 0.6) is 0 Å². The summed E-state index contributed by atoms with van der Waals surface area (Å²) in [5.74, 6) is 13.2. The zero-order valence-electron chi connectivity index (χ0n) is 25.5. The molecule has 0 aromatic heterocycles. The first-order valence-corrected chi connectivity index (χ1v) is 15.8. The molecule has 0 saturated carbocycles. The van der Waals surface area contributed by atoms with E-state index in [1.54, 1.807) is 0 Å². The van der Waals surface area contributed by atoms with Crippen LogP contribution in [0.2, 0.25) is 0 Å². The van der Waals surface area contributed by atoms with Crippen molar-refractivity contribution in [3.05, 3.63) is 142 Å². The van der Waals surface area contributed by atoms with Gasteiger partial charge in [-0.3, -0.25) is 0 Å². The van der Waals surface area contributed by atoms with Gasteiger partial charge in [0.1, 0.15) is 0 Å². The molecule has 0 fully saturated rings. The molecule has 0 heteroatoms. The molecule has 0 unspecified atom stereocenters. The molecule has 0 radical (unpaired) electrons. The predicted molar refractivity (Wildman–Crippen MR) is 182 cm³/mol. The number of benzene rings is 4. The number of hydrogen-bond acceptors (Lipinski definition) is 0. The van der Waals surface area contributed by atoms with Gasteiger partial charge in [-0.2, -0.15) is 0 Å². The molecule has 4 aromatic carbocycles. The summed E-state index contributed by atoms with van der Waals surface area (Å²) in [7, 11) is 0. The maximum absolute atomic E-state index is 3.30. The third-order valence-corrected chi connectivity index (χ3v) is 7.54. The zero-order valence-corrected chi connectivity index (χ0v) is 25.5. The van der Waals surface area contributed by atoms with Crippen molar-refractivity contribution in [1.29, 1.82) is 0 Å². The fourth-order valence-corrected chi connectivity index (χ4v) is 4.86. The quantitative estimate of drug-likeness (QED) is 0.0938. The van der Waals surface area contributed by atoms with Gasteiger partial charge in [-0.1, -0.05) is 137 Å². The van der Waals surface area contributed by atoms with E-state index in [9.17, 15) is 0 Å². The average Bonchev–Trinajstić information content (AvgIpc) is 3.04. The Bertz CT molecular complexity index is 1370. The van der Waals surface area contributed by atoms with Crippen LogP contribution in [0, 0.1) is 23.7 Å². The van der Waals surface area contributed by atoms with Gasteiger partial charge < -0.3 is 0 Å². The lowest BCUT2D eigenvalue weighted by molar-refractivity contribution is 0.667. The monoisotopic (exact) mass is 548 g/mol. The molecule has 212 valence electrons. The molecule has 0 saturated heterocycles. The van der Waals surface area contributed by atoms with Crippen molar-refractivity contribution in [1.82, 2.24) is 0 Å². The lowest BCUT2D eigenvalue weighted by atomic mass is 10.0. The molecule has 0 amide bonds. The van der Waals surface area contributed by atoms with Crippen LogP contribution in [0.1, 0.15) is 110 Å². The molecule has 0 aliphatic rings. The van der Waals surface area contributed by atoms with E-state index < -0.39 is 0 Å². The maximum Gasteiger partial charge on any atom is 0.0249 e. The third kappa shape index (κ3) is 11.0. The fourth-order valence-electron chi connectivity index (χ4n) is 4.86. The summed E-state index contributed by atoms with van der Waals surface area (Å²) >= 11 is 0. The van der Waals surface area contributed by atoms with Crippen molar-refractivity contribution >= 4 is 12.2 Å². The van der Waals surface area contributed by atoms with Gasteiger partial charge in [0.2, 0.25) is 0 Å². The van der Waals surface area contributed by atoms with Crippen LogP contribution in [0.25, 0.3) is 12.2 Å². The Kier molecular flexibility index (Phi) is 12.8. The largest absolute Gasteiger partial charge is 0.0654 e. The van der Waals surface area contributed by atoms with Crippen molar-refractivity contribution < 1.29 is 0 Å². The van der Waals surface area contributed by atoms with E-state index in [0.29, 0.717) is 0 Å². The lowest BCUT2D eigenvalue weighted by Crippen LogP contribution is -1.86. The number of aryl methyl sites for hydroxylation is 2. The molecule has 0 aliphatic heterocycles. The molecular weight excluding hydrogens is 504 g/mol. The highest BCUT2D eigenvalue weighted by molar-refractivity contribution is 5.70. The minimum Gasteiger partial charge on any atom is -0.0654 e. The van der Waals surface area contributed by atoms with Gasteiger partial charge in [0.25, 0.3) is 0 Å². The zero-order chi connectivity index (χ0) is 29.2. The van der Waals surface area contributed by atoms with Crippen molar-refractivity contribution in [2.24, 2.45) is 0 Å². The molecule has 4 aromatic rings. The van der Waals surface area contributed by atoms with Gasteiger partial charge in [-0.15, -0.1) is 0 Å². The van der Waals surface area contributed by atoms with Crippen molar-refractivity contribution in [3.8, 4) is 23.7 Å². The van der Waals surface area contributed by atoms with Gasteiger partial charge in [0.05, 0.1) is 0 Å². The normalized spacial score (nSPS) is 10.6. The molecule has 42 heavy (non-hydrogen) atoms. The Balaban J connectivity index is 1.25. The summed E-state index contributed by atoms with van der Waals surface area (Å²) in [6.45, 7) is 4.51. The van der Waals surface area contributed by atoms with E-state index in [4.69, 9.17) is 0 Å². The Hall–Kier alpha value is -4.26. The predicted octanol–water partition coefficient (Wildman–Crippen LogP) is 10.9. The second kappa shape index (κ2) is 17.5. The summed E-state index contributed by atoms with van der Waals surface area (Å²) in [6, 6.07) is 34.3.